The Morgan fingerprint density at radius 1 is 1.41 bits per heavy atom. The SMILES string of the molecule is C/C(=C/Cl)COc1cc(F)ccc1[B-](F)(F)F. The van der Waals surface area contributed by atoms with E-state index >= 15 is 0 Å². The molecular formula is C10H9BClF4O-. The fourth-order valence-corrected chi connectivity index (χ4v) is 1.19. The lowest BCUT2D eigenvalue weighted by Gasteiger charge is -2.19. The lowest BCUT2D eigenvalue weighted by Crippen LogP contribution is -2.35. The summed E-state index contributed by atoms with van der Waals surface area (Å²) >= 11 is 5.34. The number of halogens is 5. The van der Waals surface area contributed by atoms with Gasteiger partial charge in [0.25, 0.3) is 0 Å². The average molecular weight is 267 g/mol. The fraction of sp³-hybridized carbons (Fsp3) is 0.200. The van der Waals surface area contributed by atoms with Gasteiger partial charge >= 0.3 is 6.98 Å². The molecule has 0 heterocycles. The van der Waals surface area contributed by atoms with Gasteiger partial charge in [-0.2, -0.15) is 0 Å². The molecule has 17 heavy (non-hydrogen) atoms. The molecule has 0 unspecified atom stereocenters. The summed E-state index contributed by atoms with van der Waals surface area (Å²) in [6.07, 6.45) is 0. The molecule has 7 heteroatoms. The van der Waals surface area contributed by atoms with Gasteiger partial charge < -0.3 is 17.7 Å². The minimum atomic E-state index is -5.23. The zero-order valence-electron chi connectivity index (χ0n) is 8.89. The van der Waals surface area contributed by atoms with Crippen LogP contribution in [0.1, 0.15) is 6.92 Å². The quantitative estimate of drug-likeness (QED) is 0.600. The van der Waals surface area contributed by atoms with Gasteiger partial charge in [0.15, 0.2) is 0 Å². The average Bonchev–Trinajstić information content (AvgIpc) is 2.24. The van der Waals surface area contributed by atoms with Crippen LogP contribution in [0.5, 0.6) is 5.75 Å². The maximum absolute atomic E-state index is 12.9. The van der Waals surface area contributed by atoms with Crippen LogP contribution in [0.15, 0.2) is 29.3 Å². The minimum Gasteiger partial charge on any atom is -0.492 e. The topological polar surface area (TPSA) is 9.23 Å². The van der Waals surface area contributed by atoms with Crippen molar-refractivity contribution in [3.8, 4) is 5.75 Å². The number of hydrogen-bond acceptors (Lipinski definition) is 1. The van der Waals surface area contributed by atoms with Gasteiger partial charge in [0.2, 0.25) is 0 Å². The first-order chi connectivity index (χ1) is 7.84. The van der Waals surface area contributed by atoms with E-state index in [0.29, 0.717) is 17.7 Å². The lowest BCUT2D eigenvalue weighted by atomic mass is 9.79. The molecule has 0 spiro atoms. The summed E-state index contributed by atoms with van der Waals surface area (Å²) in [6, 6.07) is 2.14. The monoisotopic (exact) mass is 267 g/mol. The maximum atomic E-state index is 12.9. The molecule has 0 saturated carbocycles. The molecule has 0 atom stereocenters. The van der Waals surface area contributed by atoms with E-state index in [1.165, 1.54) is 5.54 Å². The molecule has 1 rings (SSSR count). The van der Waals surface area contributed by atoms with Crippen LogP contribution in [0.25, 0.3) is 0 Å². The summed E-state index contributed by atoms with van der Waals surface area (Å²) < 4.78 is 55.6. The van der Waals surface area contributed by atoms with Crippen molar-refractivity contribution in [2.75, 3.05) is 6.61 Å². The van der Waals surface area contributed by atoms with Crippen molar-refractivity contribution in [2.24, 2.45) is 0 Å². The molecule has 0 saturated heterocycles. The second kappa shape index (κ2) is 5.45. The minimum absolute atomic E-state index is 0.119. The zero-order chi connectivity index (χ0) is 13.1. The van der Waals surface area contributed by atoms with Gasteiger partial charge in [-0.15, -0.1) is 0 Å². The third kappa shape index (κ3) is 3.96. The summed E-state index contributed by atoms with van der Waals surface area (Å²) in [5, 5.41) is 0. The molecule has 0 aliphatic carbocycles. The summed E-state index contributed by atoms with van der Waals surface area (Å²) in [5.74, 6) is -1.30. The number of hydrogen-bond donors (Lipinski definition) is 0. The van der Waals surface area contributed by atoms with Crippen molar-refractivity contribution in [1.29, 1.82) is 0 Å². The Balaban J connectivity index is 3.00. The first-order valence-electron chi connectivity index (χ1n) is 4.72. The van der Waals surface area contributed by atoms with Gasteiger partial charge in [0.05, 0.1) is 5.75 Å². The van der Waals surface area contributed by atoms with Gasteiger partial charge in [-0.1, -0.05) is 23.1 Å². The molecule has 0 bridgehead atoms. The van der Waals surface area contributed by atoms with E-state index in [0.717, 1.165) is 6.07 Å². The maximum Gasteiger partial charge on any atom is 0.513 e. The highest BCUT2D eigenvalue weighted by Crippen LogP contribution is 2.19. The summed E-state index contributed by atoms with van der Waals surface area (Å²) in [6.45, 7) is -3.76. The van der Waals surface area contributed by atoms with Crippen LogP contribution in [0, 0.1) is 5.82 Å². The van der Waals surface area contributed by atoms with Gasteiger partial charge in [0, 0.05) is 11.6 Å². The van der Waals surface area contributed by atoms with Crippen molar-refractivity contribution in [3.05, 3.63) is 35.1 Å². The predicted molar refractivity (Wildman–Crippen MR) is 60.2 cm³/mol. The molecule has 0 N–H and O–H groups in total. The number of benzene rings is 1. The van der Waals surface area contributed by atoms with Crippen molar-refractivity contribution in [3.63, 3.8) is 0 Å². The van der Waals surface area contributed by atoms with Crippen LogP contribution >= 0.6 is 11.6 Å². The molecule has 1 nitrogen and oxygen atoms in total. The molecule has 0 amide bonds. The largest absolute Gasteiger partial charge is 0.513 e. The van der Waals surface area contributed by atoms with Crippen LogP contribution in [-0.2, 0) is 0 Å². The Kier molecular flexibility index (Phi) is 4.45. The smallest absolute Gasteiger partial charge is 0.492 e. The van der Waals surface area contributed by atoms with E-state index in [-0.39, 0.29) is 6.61 Å². The third-order valence-corrected chi connectivity index (χ3v) is 2.34. The van der Waals surface area contributed by atoms with Crippen molar-refractivity contribution in [2.45, 2.75) is 6.92 Å². The molecule has 0 aromatic heterocycles. The van der Waals surface area contributed by atoms with Gasteiger partial charge in [-0.25, -0.2) is 4.39 Å². The first kappa shape index (κ1) is 13.9. The van der Waals surface area contributed by atoms with E-state index in [1.807, 2.05) is 0 Å². The van der Waals surface area contributed by atoms with Gasteiger partial charge in [0.1, 0.15) is 12.4 Å². The molecular weight excluding hydrogens is 258 g/mol. The van der Waals surface area contributed by atoms with E-state index < -0.39 is 24.0 Å². The molecule has 1 aromatic carbocycles. The molecule has 0 radical (unpaired) electrons. The van der Waals surface area contributed by atoms with E-state index in [1.54, 1.807) is 6.92 Å². The Morgan fingerprint density at radius 3 is 2.59 bits per heavy atom. The fourth-order valence-electron chi connectivity index (χ4n) is 1.13. The predicted octanol–water partition coefficient (Wildman–Crippen LogP) is 3.40. The second-order valence-electron chi connectivity index (χ2n) is 3.50. The Labute approximate surface area is 101 Å². The van der Waals surface area contributed by atoms with Crippen LogP contribution in [0.3, 0.4) is 0 Å². The van der Waals surface area contributed by atoms with Crippen LogP contribution in [0.4, 0.5) is 17.3 Å². The third-order valence-electron chi connectivity index (χ3n) is 1.97. The van der Waals surface area contributed by atoms with Gasteiger partial charge in [-0.05, 0) is 18.6 Å². The Bertz CT molecular complexity index is 431. The molecule has 94 valence electrons. The van der Waals surface area contributed by atoms with Crippen molar-refractivity contribution < 1.29 is 22.1 Å². The number of ether oxygens (including phenoxy) is 1. The highest BCUT2D eigenvalue weighted by atomic mass is 35.5. The molecule has 1 aromatic rings. The van der Waals surface area contributed by atoms with E-state index in [9.17, 15) is 17.3 Å². The highest BCUT2D eigenvalue weighted by molar-refractivity contribution is 6.74. The van der Waals surface area contributed by atoms with Crippen LogP contribution in [0.2, 0.25) is 0 Å². The molecule has 0 aliphatic heterocycles. The summed E-state index contributed by atoms with van der Waals surface area (Å²) in [4.78, 5) is 0. The lowest BCUT2D eigenvalue weighted by molar-refractivity contribution is 0.350. The number of rotatable bonds is 4. The van der Waals surface area contributed by atoms with Crippen molar-refractivity contribution in [1.82, 2.24) is 0 Å². The van der Waals surface area contributed by atoms with Crippen molar-refractivity contribution >= 4 is 24.0 Å². The summed E-state index contributed by atoms with van der Waals surface area (Å²) in [5.41, 5.74) is 0.780. The Morgan fingerprint density at radius 2 is 2.06 bits per heavy atom. The highest BCUT2D eigenvalue weighted by Gasteiger charge is 2.29. The Hall–Kier alpha value is -1.17. The van der Waals surface area contributed by atoms with Gasteiger partial charge in [-0.3, -0.25) is 0 Å². The first-order valence-corrected chi connectivity index (χ1v) is 5.16. The zero-order valence-corrected chi connectivity index (χ0v) is 9.65. The standard InChI is InChI=1S/C10H9BClF4O/c1-7(5-12)6-17-10-4-8(13)2-3-9(10)11(14,15)16/h2-5H,6H2,1H3/q-1/b7-5-. The van der Waals surface area contributed by atoms with E-state index in [4.69, 9.17) is 16.3 Å². The van der Waals surface area contributed by atoms with E-state index in [2.05, 4.69) is 0 Å². The normalized spacial score (nSPS) is 12.7. The molecule has 0 fully saturated rings. The second-order valence-corrected chi connectivity index (χ2v) is 3.72. The van der Waals surface area contributed by atoms with Crippen LogP contribution < -0.4 is 10.2 Å². The summed E-state index contributed by atoms with van der Waals surface area (Å²) in [7, 11) is 0. The molecule has 0 aliphatic rings. The van der Waals surface area contributed by atoms with Crippen LogP contribution in [-0.4, -0.2) is 13.6 Å².